The maximum Gasteiger partial charge on any atom is 0.233 e. The van der Waals surface area contributed by atoms with E-state index in [1.54, 1.807) is 0 Å². The first kappa shape index (κ1) is 13.7. The molecular weight excluding hydrogens is 330 g/mol. The number of amides is 1. The van der Waals surface area contributed by atoms with Crippen LogP contribution in [0.5, 0.6) is 5.88 Å². The lowest BCUT2D eigenvalue weighted by molar-refractivity contribution is -0.114. The Morgan fingerprint density at radius 1 is 1.47 bits per heavy atom. The molecule has 2 N–H and O–H groups in total. The summed E-state index contributed by atoms with van der Waals surface area (Å²) in [7, 11) is 0. The minimum absolute atomic E-state index is 0.144. The normalized spacial score (nSPS) is 10.8. The molecule has 98 valence electrons. The third-order valence-electron chi connectivity index (χ3n) is 2.07. The van der Waals surface area contributed by atoms with Crippen LogP contribution < -0.4 is 5.32 Å². The van der Waals surface area contributed by atoms with Gasteiger partial charge in [-0.25, -0.2) is 0 Å². The highest BCUT2D eigenvalue weighted by atomic mass is 79.9. The lowest BCUT2D eigenvalue weighted by Gasteiger charge is -1.93. The van der Waals surface area contributed by atoms with Gasteiger partial charge in [0.15, 0.2) is 5.13 Å². The number of carbonyl (C=O) groups is 1. The van der Waals surface area contributed by atoms with Gasteiger partial charge in [-0.2, -0.15) is 4.98 Å². The van der Waals surface area contributed by atoms with Crippen LogP contribution in [0.25, 0.3) is 0 Å². The number of halogens is 1. The summed E-state index contributed by atoms with van der Waals surface area (Å²) >= 11 is 4.50. The van der Waals surface area contributed by atoms with Crippen molar-refractivity contribution in [2.24, 2.45) is 4.99 Å². The van der Waals surface area contributed by atoms with Crippen molar-refractivity contribution in [3.8, 4) is 5.88 Å². The molecule has 0 saturated carbocycles. The van der Waals surface area contributed by atoms with Crippen molar-refractivity contribution in [2.45, 2.75) is 6.92 Å². The van der Waals surface area contributed by atoms with E-state index >= 15 is 0 Å². The Morgan fingerprint density at radius 3 is 2.79 bits per heavy atom. The number of nitrogens with one attached hydrogen (secondary N) is 1. The Labute approximate surface area is 122 Å². The maximum absolute atomic E-state index is 10.9. The van der Waals surface area contributed by atoms with Crippen LogP contribution >= 0.6 is 27.3 Å². The van der Waals surface area contributed by atoms with Crippen LogP contribution in [0.4, 0.5) is 10.8 Å². The van der Waals surface area contributed by atoms with Crippen molar-refractivity contribution < 1.29 is 9.90 Å². The van der Waals surface area contributed by atoms with Gasteiger partial charge in [0.05, 0.1) is 11.9 Å². The fourth-order valence-corrected chi connectivity index (χ4v) is 2.31. The molecule has 0 saturated heterocycles. The highest BCUT2D eigenvalue weighted by Gasteiger charge is 2.08. The molecule has 0 spiro atoms. The van der Waals surface area contributed by atoms with Crippen molar-refractivity contribution in [2.75, 3.05) is 5.32 Å². The number of aliphatic imine (C=N–C) groups is 1. The molecule has 7 heteroatoms. The molecule has 0 aliphatic carbocycles. The van der Waals surface area contributed by atoms with Crippen LogP contribution in [0.15, 0.2) is 33.7 Å². The van der Waals surface area contributed by atoms with E-state index in [4.69, 9.17) is 0 Å². The van der Waals surface area contributed by atoms with Crippen LogP contribution in [-0.2, 0) is 4.79 Å². The zero-order valence-corrected chi connectivity index (χ0v) is 12.3. The van der Waals surface area contributed by atoms with E-state index in [1.807, 2.05) is 24.3 Å². The number of aromatic nitrogens is 1. The highest BCUT2D eigenvalue weighted by molar-refractivity contribution is 9.10. The van der Waals surface area contributed by atoms with E-state index in [9.17, 15) is 9.90 Å². The number of benzene rings is 1. The van der Waals surface area contributed by atoms with Crippen LogP contribution in [0, 0.1) is 0 Å². The number of aromatic hydroxyl groups is 1. The van der Waals surface area contributed by atoms with E-state index in [2.05, 4.69) is 31.2 Å². The van der Waals surface area contributed by atoms with E-state index in [-0.39, 0.29) is 11.8 Å². The second-order valence-electron chi connectivity index (χ2n) is 3.62. The minimum atomic E-state index is -0.231. The van der Waals surface area contributed by atoms with Gasteiger partial charge in [0.2, 0.25) is 11.8 Å². The number of nitrogens with zero attached hydrogens (tertiary/aromatic N) is 2. The van der Waals surface area contributed by atoms with Crippen molar-refractivity contribution in [3.05, 3.63) is 33.6 Å². The van der Waals surface area contributed by atoms with Gasteiger partial charge >= 0.3 is 0 Å². The highest BCUT2D eigenvalue weighted by Crippen LogP contribution is 2.27. The number of anilines is 1. The molecule has 5 nitrogen and oxygen atoms in total. The predicted molar refractivity (Wildman–Crippen MR) is 79.5 cm³/mol. The van der Waals surface area contributed by atoms with E-state index in [0.717, 1.165) is 21.5 Å². The monoisotopic (exact) mass is 339 g/mol. The summed E-state index contributed by atoms with van der Waals surface area (Å²) < 4.78 is 0.972. The standard InChI is InChI=1S/C12H10BrN3O2S/c1-7(17)15-12-16-11(18)10(19-12)6-14-9-4-2-8(13)3-5-9/h2-6,18H,1H3,(H,15,16,17). The largest absolute Gasteiger partial charge is 0.492 e. The van der Waals surface area contributed by atoms with Gasteiger partial charge < -0.3 is 10.4 Å². The predicted octanol–water partition coefficient (Wildman–Crippen LogP) is 3.32. The number of thiazole rings is 1. The zero-order chi connectivity index (χ0) is 13.8. The Balaban J connectivity index is 2.16. The molecule has 0 radical (unpaired) electrons. The van der Waals surface area contributed by atoms with E-state index in [1.165, 1.54) is 13.1 Å². The van der Waals surface area contributed by atoms with Gasteiger partial charge in [-0.3, -0.25) is 9.79 Å². The van der Waals surface area contributed by atoms with Crippen LogP contribution in [0.3, 0.4) is 0 Å². The summed E-state index contributed by atoms with van der Waals surface area (Å²) in [6.45, 7) is 1.38. The van der Waals surface area contributed by atoms with E-state index < -0.39 is 0 Å². The topological polar surface area (TPSA) is 74.6 Å². The molecule has 1 amide bonds. The molecule has 0 fully saturated rings. The summed E-state index contributed by atoms with van der Waals surface area (Å²) in [6.07, 6.45) is 1.52. The Kier molecular flexibility index (Phi) is 4.28. The van der Waals surface area contributed by atoms with Gasteiger partial charge in [0.25, 0.3) is 0 Å². The lowest BCUT2D eigenvalue weighted by Crippen LogP contribution is -2.04. The average molecular weight is 340 g/mol. The van der Waals surface area contributed by atoms with Crippen molar-refractivity contribution in [1.29, 1.82) is 0 Å². The molecular formula is C12H10BrN3O2S. The van der Waals surface area contributed by atoms with Gasteiger partial charge in [-0.15, -0.1) is 0 Å². The number of carbonyl (C=O) groups excluding carboxylic acids is 1. The van der Waals surface area contributed by atoms with Gasteiger partial charge in [-0.1, -0.05) is 27.3 Å². The molecule has 1 heterocycles. The van der Waals surface area contributed by atoms with Crippen molar-refractivity contribution in [3.63, 3.8) is 0 Å². The van der Waals surface area contributed by atoms with Gasteiger partial charge in [-0.05, 0) is 24.3 Å². The van der Waals surface area contributed by atoms with Gasteiger partial charge in [0.1, 0.15) is 4.88 Å². The van der Waals surface area contributed by atoms with Gasteiger partial charge in [0, 0.05) is 11.4 Å². The van der Waals surface area contributed by atoms with Crippen molar-refractivity contribution >= 4 is 50.2 Å². The molecule has 0 unspecified atom stereocenters. The second-order valence-corrected chi connectivity index (χ2v) is 5.57. The molecule has 1 aromatic heterocycles. The summed E-state index contributed by atoms with van der Waals surface area (Å²) in [5.74, 6) is -0.375. The number of hydrogen-bond donors (Lipinski definition) is 2. The second kappa shape index (κ2) is 5.94. The van der Waals surface area contributed by atoms with E-state index in [0.29, 0.717) is 10.0 Å². The summed E-state index contributed by atoms with van der Waals surface area (Å²) in [6, 6.07) is 7.44. The fourth-order valence-electron chi connectivity index (χ4n) is 1.27. The summed E-state index contributed by atoms with van der Waals surface area (Å²) in [4.78, 5) is 19.4. The average Bonchev–Trinajstić information content (AvgIpc) is 2.68. The molecule has 0 atom stereocenters. The van der Waals surface area contributed by atoms with Crippen LogP contribution in [0.2, 0.25) is 0 Å². The number of hydrogen-bond acceptors (Lipinski definition) is 5. The maximum atomic E-state index is 10.9. The third kappa shape index (κ3) is 3.87. The smallest absolute Gasteiger partial charge is 0.233 e. The van der Waals surface area contributed by atoms with Crippen LogP contribution in [-0.4, -0.2) is 22.2 Å². The first-order chi connectivity index (χ1) is 9.04. The third-order valence-corrected chi connectivity index (χ3v) is 3.50. The summed E-state index contributed by atoms with van der Waals surface area (Å²) in [5, 5.41) is 12.5. The molecule has 0 bridgehead atoms. The molecule has 0 aliphatic rings. The quantitative estimate of drug-likeness (QED) is 0.842. The first-order valence-electron chi connectivity index (χ1n) is 5.31. The first-order valence-corrected chi connectivity index (χ1v) is 6.92. The fraction of sp³-hybridized carbons (Fsp3) is 0.0833. The lowest BCUT2D eigenvalue weighted by atomic mass is 10.3. The Hall–Kier alpha value is -1.73. The van der Waals surface area contributed by atoms with Crippen LogP contribution in [0.1, 0.15) is 11.8 Å². The minimum Gasteiger partial charge on any atom is -0.492 e. The Bertz CT molecular complexity index is 622. The summed E-state index contributed by atoms with van der Waals surface area (Å²) in [5.41, 5.74) is 0.761. The zero-order valence-electron chi connectivity index (χ0n) is 9.92. The Morgan fingerprint density at radius 2 is 2.16 bits per heavy atom. The SMILES string of the molecule is CC(=O)Nc1nc(O)c(C=Nc2ccc(Br)cc2)s1. The molecule has 0 aliphatic heterocycles. The molecule has 2 rings (SSSR count). The molecule has 19 heavy (non-hydrogen) atoms. The van der Waals surface area contributed by atoms with Crippen molar-refractivity contribution in [1.82, 2.24) is 4.98 Å². The number of rotatable bonds is 3. The molecule has 1 aromatic carbocycles. The molecule has 2 aromatic rings.